The van der Waals surface area contributed by atoms with E-state index < -0.39 is 0 Å². The first kappa shape index (κ1) is 8.72. The molecule has 0 spiro atoms. The Kier molecular flexibility index (Phi) is 1.69. The van der Waals surface area contributed by atoms with Gasteiger partial charge in [0.15, 0.2) is 0 Å². The van der Waals surface area contributed by atoms with E-state index >= 15 is 0 Å². The number of hydrogen-bond acceptors (Lipinski definition) is 2. The number of rotatable bonds is 1. The molecule has 2 saturated carbocycles. The van der Waals surface area contributed by atoms with Gasteiger partial charge in [-0.3, -0.25) is 10.1 Å². The van der Waals surface area contributed by atoms with Gasteiger partial charge in [0.1, 0.15) is 0 Å². The van der Waals surface area contributed by atoms with Crippen molar-refractivity contribution in [3.63, 3.8) is 0 Å². The smallest absolute Gasteiger partial charge is 0.240 e. The molecule has 14 heavy (non-hydrogen) atoms. The van der Waals surface area contributed by atoms with Crippen molar-refractivity contribution in [1.82, 2.24) is 10.2 Å². The van der Waals surface area contributed by atoms with Crippen molar-refractivity contribution in [3.05, 3.63) is 0 Å². The number of nitrogens with zero attached hydrogens (tertiary/aromatic N) is 1. The van der Waals surface area contributed by atoms with E-state index in [4.69, 9.17) is 0 Å². The second-order valence-electron chi connectivity index (χ2n) is 5.19. The van der Waals surface area contributed by atoms with Crippen LogP contribution in [0.3, 0.4) is 0 Å². The molecule has 3 fully saturated rings. The molecule has 1 saturated heterocycles. The molecule has 78 valence electrons. The first-order valence-corrected chi connectivity index (χ1v) is 5.75. The maximum Gasteiger partial charge on any atom is 0.240 e. The Hall–Kier alpha value is -0.570. The number of hydrogen-bond donors (Lipinski definition) is 1. The van der Waals surface area contributed by atoms with Crippen LogP contribution in [-0.2, 0) is 4.79 Å². The van der Waals surface area contributed by atoms with E-state index in [-0.39, 0.29) is 12.2 Å². The SMILES string of the molecule is CC1NC(C)N(C2CC3CC3C2)C1=O. The monoisotopic (exact) mass is 194 g/mol. The minimum atomic E-state index is 0.0296. The van der Waals surface area contributed by atoms with Crippen molar-refractivity contribution in [1.29, 1.82) is 0 Å². The zero-order valence-electron chi connectivity index (χ0n) is 8.86. The Morgan fingerprint density at radius 2 is 1.86 bits per heavy atom. The zero-order chi connectivity index (χ0) is 9.87. The summed E-state index contributed by atoms with van der Waals surface area (Å²) in [7, 11) is 0. The maximum atomic E-state index is 11.9. The van der Waals surface area contributed by atoms with E-state index in [0.29, 0.717) is 11.9 Å². The van der Waals surface area contributed by atoms with E-state index in [2.05, 4.69) is 17.1 Å². The number of amides is 1. The van der Waals surface area contributed by atoms with E-state index in [9.17, 15) is 4.79 Å². The summed E-state index contributed by atoms with van der Waals surface area (Å²) in [5.41, 5.74) is 0. The third kappa shape index (κ3) is 1.11. The van der Waals surface area contributed by atoms with Gasteiger partial charge >= 0.3 is 0 Å². The van der Waals surface area contributed by atoms with Crippen LogP contribution in [0.15, 0.2) is 0 Å². The molecule has 1 amide bonds. The average Bonchev–Trinajstić information content (AvgIpc) is 2.64. The molecule has 0 aromatic carbocycles. The number of carbonyl (C=O) groups is 1. The van der Waals surface area contributed by atoms with Gasteiger partial charge in [-0.1, -0.05) is 0 Å². The Labute approximate surface area is 84.8 Å². The molecule has 0 aromatic rings. The number of nitrogens with one attached hydrogen (secondary N) is 1. The van der Waals surface area contributed by atoms with Crippen LogP contribution in [0.4, 0.5) is 0 Å². The molecule has 0 aromatic heterocycles. The van der Waals surface area contributed by atoms with Crippen LogP contribution in [0.1, 0.15) is 33.1 Å². The Balaban J connectivity index is 1.74. The van der Waals surface area contributed by atoms with Gasteiger partial charge in [-0.2, -0.15) is 0 Å². The molecular formula is C11H18N2O. The van der Waals surface area contributed by atoms with Gasteiger partial charge in [-0.15, -0.1) is 0 Å². The highest BCUT2D eigenvalue weighted by atomic mass is 16.2. The summed E-state index contributed by atoms with van der Waals surface area (Å²) in [6.07, 6.45) is 4.19. The van der Waals surface area contributed by atoms with Crippen LogP contribution in [0.2, 0.25) is 0 Å². The third-order valence-corrected chi connectivity index (χ3v) is 4.15. The number of carbonyl (C=O) groups excluding carboxylic acids is 1. The lowest BCUT2D eigenvalue weighted by Crippen LogP contribution is -2.42. The Morgan fingerprint density at radius 3 is 2.36 bits per heavy atom. The molecule has 2 aliphatic carbocycles. The normalized spacial score (nSPS) is 51.1. The molecule has 4 atom stereocenters. The van der Waals surface area contributed by atoms with Crippen molar-refractivity contribution in [2.45, 2.75) is 51.4 Å². The average molecular weight is 194 g/mol. The highest BCUT2D eigenvalue weighted by molar-refractivity contribution is 5.84. The fraction of sp³-hybridized carbons (Fsp3) is 0.909. The van der Waals surface area contributed by atoms with E-state index in [1.165, 1.54) is 19.3 Å². The third-order valence-electron chi connectivity index (χ3n) is 4.15. The summed E-state index contributed by atoms with van der Waals surface area (Å²) in [5.74, 6) is 2.22. The first-order chi connectivity index (χ1) is 6.66. The summed E-state index contributed by atoms with van der Waals surface area (Å²) in [4.78, 5) is 14.0. The fourth-order valence-corrected chi connectivity index (χ4v) is 3.33. The van der Waals surface area contributed by atoms with Crippen molar-refractivity contribution in [2.24, 2.45) is 11.8 Å². The van der Waals surface area contributed by atoms with Crippen LogP contribution in [0.25, 0.3) is 0 Å². The summed E-state index contributed by atoms with van der Waals surface area (Å²) >= 11 is 0. The summed E-state index contributed by atoms with van der Waals surface area (Å²) in [6, 6.07) is 0.570. The first-order valence-electron chi connectivity index (χ1n) is 5.75. The second-order valence-corrected chi connectivity index (χ2v) is 5.19. The minimum Gasteiger partial charge on any atom is -0.323 e. The summed E-state index contributed by atoms with van der Waals surface area (Å²) in [6.45, 7) is 4.07. The van der Waals surface area contributed by atoms with Gasteiger partial charge in [0.05, 0.1) is 12.2 Å². The second kappa shape index (κ2) is 2.72. The molecule has 0 bridgehead atoms. The molecule has 3 aliphatic rings. The standard InChI is InChI=1S/C11H18N2O/c1-6-11(14)13(7(2)12-6)10-4-8-3-9(8)5-10/h6-10,12H,3-5H2,1-2H3. The summed E-state index contributed by atoms with van der Waals surface area (Å²) in [5, 5.41) is 3.30. The minimum absolute atomic E-state index is 0.0296. The highest BCUT2D eigenvalue weighted by Gasteiger charge is 2.50. The van der Waals surface area contributed by atoms with Crippen molar-refractivity contribution >= 4 is 5.91 Å². The summed E-state index contributed by atoms with van der Waals surface area (Å²) < 4.78 is 0. The van der Waals surface area contributed by atoms with Gasteiger partial charge < -0.3 is 4.90 Å². The molecule has 1 heterocycles. The van der Waals surface area contributed by atoms with Crippen LogP contribution < -0.4 is 5.32 Å². The van der Waals surface area contributed by atoms with Gasteiger partial charge in [0.25, 0.3) is 0 Å². The predicted octanol–water partition coefficient (Wildman–Crippen LogP) is 0.951. The lowest BCUT2D eigenvalue weighted by Gasteiger charge is -2.29. The number of fused-ring (bicyclic) bond motifs is 1. The predicted molar refractivity (Wildman–Crippen MR) is 53.5 cm³/mol. The zero-order valence-corrected chi connectivity index (χ0v) is 8.86. The Bertz CT molecular complexity index is 268. The van der Waals surface area contributed by atoms with E-state index in [1.807, 2.05) is 6.92 Å². The highest BCUT2D eigenvalue weighted by Crippen LogP contribution is 2.53. The topological polar surface area (TPSA) is 32.3 Å². The fourth-order valence-electron chi connectivity index (χ4n) is 3.33. The van der Waals surface area contributed by atoms with E-state index in [0.717, 1.165) is 11.8 Å². The molecule has 0 radical (unpaired) electrons. The lowest BCUT2D eigenvalue weighted by atomic mass is 10.1. The Morgan fingerprint density at radius 1 is 1.21 bits per heavy atom. The van der Waals surface area contributed by atoms with Crippen LogP contribution in [-0.4, -0.2) is 29.1 Å². The lowest BCUT2D eigenvalue weighted by molar-refractivity contribution is -0.131. The van der Waals surface area contributed by atoms with Gasteiger partial charge in [0, 0.05) is 6.04 Å². The largest absolute Gasteiger partial charge is 0.323 e. The van der Waals surface area contributed by atoms with Crippen molar-refractivity contribution < 1.29 is 4.79 Å². The molecule has 4 unspecified atom stereocenters. The van der Waals surface area contributed by atoms with Crippen LogP contribution in [0, 0.1) is 11.8 Å². The van der Waals surface area contributed by atoms with Gasteiger partial charge in [-0.25, -0.2) is 0 Å². The van der Waals surface area contributed by atoms with Crippen LogP contribution >= 0.6 is 0 Å². The molecule has 1 N–H and O–H groups in total. The van der Waals surface area contributed by atoms with Crippen molar-refractivity contribution in [2.75, 3.05) is 0 Å². The van der Waals surface area contributed by atoms with E-state index in [1.54, 1.807) is 0 Å². The van der Waals surface area contributed by atoms with Crippen molar-refractivity contribution in [3.8, 4) is 0 Å². The van der Waals surface area contributed by atoms with Gasteiger partial charge in [0.2, 0.25) is 5.91 Å². The van der Waals surface area contributed by atoms with Gasteiger partial charge in [-0.05, 0) is 44.9 Å². The molecular weight excluding hydrogens is 176 g/mol. The molecule has 3 heteroatoms. The quantitative estimate of drug-likeness (QED) is 0.674. The molecule has 3 nitrogen and oxygen atoms in total. The molecule has 3 rings (SSSR count). The molecule has 1 aliphatic heterocycles. The van der Waals surface area contributed by atoms with Crippen LogP contribution in [0.5, 0.6) is 0 Å². The maximum absolute atomic E-state index is 11.9.